The van der Waals surface area contributed by atoms with E-state index in [1.807, 2.05) is 27.7 Å². The summed E-state index contributed by atoms with van der Waals surface area (Å²) in [6.45, 7) is 8.13. The molecule has 1 aromatic rings. The topological polar surface area (TPSA) is 84.3 Å². The van der Waals surface area contributed by atoms with Gasteiger partial charge in [0.15, 0.2) is 0 Å². The van der Waals surface area contributed by atoms with Gasteiger partial charge in [0, 0.05) is 11.8 Å². The number of ether oxygens (including phenoxy) is 1. The van der Waals surface area contributed by atoms with Crippen molar-refractivity contribution in [1.29, 1.82) is 0 Å². The van der Waals surface area contributed by atoms with Crippen molar-refractivity contribution in [1.82, 2.24) is 9.97 Å². The molecule has 6 nitrogen and oxygen atoms in total. The molecule has 2 N–H and O–H groups in total. The molecule has 0 aliphatic heterocycles. The van der Waals surface area contributed by atoms with E-state index in [1.54, 1.807) is 6.07 Å². The first-order chi connectivity index (χ1) is 8.92. The Bertz CT molecular complexity index is 435. The van der Waals surface area contributed by atoms with Gasteiger partial charge in [0.2, 0.25) is 11.8 Å². The van der Waals surface area contributed by atoms with Crippen molar-refractivity contribution < 1.29 is 14.6 Å². The van der Waals surface area contributed by atoms with Gasteiger partial charge in [0.25, 0.3) is 0 Å². The van der Waals surface area contributed by atoms with Gasteiger partial charge in [0.05, 0.1) is 6.61 Å². The van der Waals surface area contributed by atoms with Gasteiger partial charge in [-0.05, 0) is 26.2 Å². The molecule has 6 heteroatoms. The van der Waals surface area contributed by atoms with Crippen molar-refractivity contribution in [3.8, 4) is 5.88 Å². The van der Waals surface area contributed by atoms with E-state index >= 15 is 0 Å². The van der Waals surface area contributed by atoms with E-state index in [-0.39, 0.29) is 11.9 Å². The van der Waals surface area contributed by atoms with Gasteiger partial charge >= 0.3 is 5.97 Å². The van der Waals surface area contributed by atoms with Crippen LogP contribution < -0.4 is 10.1 Å². The maximum atomic E-state index is 11.2. The minimum atomic E-state index is -0.906. The fourth-order valence-corrected chi connectivity index (χ4v) is 1.67. The molecule has 1 rings (SSSR count). The third-order valence-corrected chi connectivity index (χ3v) is 2.43. The molecule has 0 aromatic carbocycles. The number of aryl methyl sites for hydroxylation is 1. The molecule has 19 heavy (non-hydrogen) atoms. The maximum Gasteiger partial charge on any atom is 0.326 e. The number of nitrogens with one attached hydrogen (secondary N) is 1. The molecular formula is C13H21N3O3. The van der Waals surface area contributed by atoms with Gasteiger partial charge in [-0.1, -0.05) is 13.8 Å². The predicted molar refractivity (Wildman–Crippen MR) is 72.4 cm³/mol. The third kappa shape index (κ3) is 5.11. The largest absolute Gasteiger partial charge is 0.480 e. The highest BCUT2D eigenvalue weighted by atomic mass is 16.5. The highest BCUT2D eigenvalue weighted by Crippen LogP contribution is 2.15. The van der Waals surface area contributed by atoms with Gasteiger partial charge in [-0.15, -0.1) is 0 Å². The van der Waals surface area contributed by atoms with Crippen LogP contribution in [0, 0.1) is 12.8 Å². The molecule has 1 aromatic heterocycles. The van der Waals surface area contributed by atoms with Crippen LogP contribution >= 0.6 is 0 Å². The van der Waals surface area contributed by atoms with E-state index in [9.17, 15) is 9.90 Å². The van der Waals surface area contributed by atoms with E-state index < -0.39 is 12.0 Å². The van der Waals surface area contributed by atoms with E-state index in [0.29, 0.717) is 18.9 Å². The molecule has 0 amide bonds. The molecule has 106 valence electrons. The lowest BCUT2D eigenvalue weighted by Crippen LogP contribution is -2.31. The summed E-state index contributed by atoms with van der Waals surface area (Å²) in [5.41, 5.74) is 0.731. The molecule has 1 unspecified atom stereocenters. The molecule has 0 saturated carbocycles. The van der Waals surface area contributed by atoms with Gasteiger partial charge in [-0.25, -0.2) is 9.78 Å². The van der Waals surface area contributed by atoms with Crippen LogP contribution in [-0.2, 0) is 4.79 Å². The molecule has 0 fully saturated rings. The molecule has 0 aliphatic carbocycles. The van der Waals surface area contributed by atoms with Crippen LogP contribution in [0.4, 0.5) is 5.95 Å². The number of carboxylic acids is 1. The molecule has 1 atom stereocenters. The van der Waals surface area contributed by atoms with Crippen LogP contribution in [0.3, 0.4) is 0 Å². The Morgan fingerprint density at radius 2 is 2.16 bits per heavy atom. The summed E-state index contributed by atoms with van der Waals surface area (Å²) in [4.78, 5) is 19.5. The number of aliphatic carboxylic acids is 1. The fourth-order valence-electron chi connectivity index (χ4n) is 1.67. The van der Waals surface area contributed by atoms with Crippen LogP contribution in [0.25, 0.3) is 0 Å². The number of rotatable bonds is 7. The van der Waals surface area contributed by atoms with Crippen LogP contribution in [0.15, 0.2) is 6.07 Å². The molecule has 0 saturated heterocycles. The van der Waals surface area contributed by atoms with Crippen molar-refractivity contribution in [2.24, 2.45) is 5.92 Å². The lowest BCUT2D eigenvalue weighted by atomic mass is 10.0. The number of hydrogen-bond acceptors (Lipinski definition) is 5. The minimum Gasteiger partial charge on any atom is -0.480 e. The normalized spacial score (nSPS) is 12.3. The van der Waals surface area contributed by atoms with E-state index in [2.05, 4.69) is 15.3 Å². The SMILES string of the molecule is CCOc1cc(C)nc(NC(CC(C)C)C(=O)O)n1. The lowest BCUT2D eigenvalue weighted by Gasteiger charge is -2.17. The molecule has 0 spiro atoms. The number of hydrogen-bond donors (Lipinski definition) is 2. The molecule has 0 radical (unpaired) electrons. The molecule has 0 bridgehead atoms. The zero-order chi connectivity index (χ0) is 14.4. The van der Waals surface area contributed by atoms with E-state index in [1.165, 1.54) is 0 Å². The smallest absolute Gasteiger partial charge is 0.326 e. The summed E-state index contributed by atoms with van der Waals surface area (Å²) >= 11 is 0. The summed E-state index contributed by atoms with van der Waals surface area (Å²) in [7, 11) is 0. The first-order valence-electron chi connectivity index (χ1n) is 6.40. The highest BCUT2D eigenvalue weighted by molar-refractivity contribution is 5.76. The second kappa shape index (κ2) is 6.92. The average Bonchev–Trinajstić information content (AvgIpc) is 2.27. The standard InChI is InChI=1S/C13H21N3O3/c1-5-19-11-7-9(4)14-13(16-11)15-10(12(17)18)6-8(2)3/h7-8,10H,5-6H2,1-4H3,(H,17,18)(H,14,15,16). The fraction of sp³-hybridized carbons (Fsp3) is 0.615. The summed E-state index contributed by atoms with van der Waals surface area (Å²) in [6, 6.07) is 1.02. The van der Waals surface area contributed by atoms with Gasteiger partial charge < -0.3 is 15.2 Å². The number of anilines is 1. The Hall–Kier alpha value is -1.85. The first kappa shape index (κ1) is 15.2. The predicted octanol–water partition coefficient (Wildman–Crippen LogP) is 2.09. The molecule has 0 aliphatic rings. The Kier molecular flexibility index (Phi) is 5.54. The Labute approximate surface area is 113 Å². The number of carbonyl (C=O) groups is 1. The Balaban J connectivity index is 2.86. The van der Waals surface area contributed by atoms with Crippen molar-refractivity contribution in [3.05, 3.63) is 11.8 Å². The van der Waals surface area contributed by atoms with Crippen molar-refractivity contribution >= 4 is 11.9 Å². The first-order valence-corrected chi connectivity index (χ1v) is 6.40. The second-order valence-electron chi connectivity index (χ2n) is 4.77. The zero-order valence-corrected chi connectivity index (χ0v) is 11.8. The average molecular weight is 267 g/mol. The molecular weight excluding hydrogens is 246 g/mol. The van der Waals surface area contributed by atoms with Crippen LogP contribution in [-0.4, -0.2) is 33.7 Å². The monoisotopic (exact) mass is 267 g/mol. The summed E-state index contributed by atoms with van der Waals surface area (Å²) < 4.78 is 5.31. The summed E-state index contributed by atoms with van der Waals surface area (Å²) in [6.07, 6.45) is 0.511. The quantitative estimate of drug-likeness (QED) is 0.787. The van der Waals surface area contributed by atoms with Crippen LogP contribution in [0.2, 0.25) is 0 Å². The highest BCUT2D eigenvalue weighted by Gasteiger charge is 2.20. The van der Waals surface area contributed by atoms with Crippen LogP contribution in [0.1, 0.15) is 32.9 Å². The second-order valence-corrected chi connectivity index (χ2v) is 4.77. The van der Waals surface area contributed by atoms with E-state index in [4.69, 9.17) is 4.74 Å². The van der Waals surface area contributed by atoms with Crippen LogP contribution in [0.5, 0.6) is 5.88 Å². The minimum absolute atomic E-state index is 0.268. The van der Waals surface area contributed by atoms with Crippen molar-refractivity contribution in [3.63, 3.8) is 0 Å². The lowest BCUT2D eigenvalue weighted by molar-refractivity contribution is -0.138. The zero-order valence-electron chi connectivity index (χ0n) is 11.8. The van der Waals surface area contributed by atoms with Gasteiger partial charge in [-0.2, -0.15) is 4.98 Å². The maximum absolute atomic E-state index is 11.2. The van der Waals surface area contributed by atoms with Gasteiger partial charge in [-0.3, -0.25) is 0 Å². The summed E-state index contributed by atoms with van der Waals surface area (Å²) in [5.74, 6) is 0.101. The van der Waals surface area contributed by atoms with Crippen molar-refractivity contribution in [2.45, 2.75) is 40.2 Å². The third-order valence-electron chi connectivity index (χ3n) is 2.43. The van der Waals surface area contributed by atoms with E-state index in [0.717, 1.165) is 5.69 Å². The van der Waals surface area contributed by atoms with Gasteiger partial charge in [0.1, 0.15) is 6.04 Å². The summed E-state index contributed by atoms with van der Waals surface area (Å²) in [5, 5.41) is 12.0. The Morgan fingerprint density at radius 3 is 2.68 bits per heavy atom. The number of aromatic nitrogens is 2. The Morgan fingerprint density at radius 1 is 1.47 bits per heavy atom. The number of carboxylic acid groups (broad SMARTS) is 1. The van der Waals surface area contributed by atoms with Crippen molar-refractivity contribution in [2.75, 3.05) is 11.9 Å². The number of nitrogens with zero attached hydrogens (tertiary/aromatic N) is 2. The molecule has 1 heterocycles.